The van der Waals surface area contributed by atoms with Gasteiger partial charge in [0.2, 0.25) is 0 Å². The molecule has 0 amide bonds. The maximum absolute atomic E-state index is 12.2. The van der Waals surface area contributed by atoms with E-state index in [2.05, 4.69) is 9.84 Å². The second-order valence-electron chi connectivity index (χ2n) is 4.27. The first kappa shape index (κ1) is 16.0. The molecule has 0 aliphatic carbocycles. The lowest BCUT2D eigenvalue weighted by Crippen LogP contribution is -2.17. The molecule has 0 spiro atoms. The highest BCUT2D eigenvalue weighted by atomic mass is 19.4. The zero-order valence-electron chi connectivity index (χ0n) is 10.6. The van der Waals surface area contributed by atoms with Crippen LogP contribution in [0, 0.1) is 0 Å². The Hall–Kier alpha value is -2.39. The number of phenols is 1. The summed E-state index contributed by atoms with van der Waals surface area (Å²) in [7, 11) is 0. The van der Waals surface area contributed by atoms with Crippen molar-refractivity contribution < 1.29 is 36.2 Å². The van der Waals surface area contributed by atoms with E-state index in [1.807, 2.05) is 0 Å². The van der Waals surface area contributed by atoms with Crippen molar-refractivity contribution in [1.82, 2.24) is 9.78 Å². The minimum absolute atomic E-state index is 0.0305. The number of hydrogen-bond donors (Lipinski definition) is 1. The lowest BCUT2D eigenvalue weighted by Gasteiger charge is -2.10. The molecule has 0 fully saturated rings. The van der Waals surface area contributed by atoms with Gasteiger partial charge in [-0.15, -0.1) is 13.2 Å². The first-order valence-corrected chi connectivity index (χ1v) is 5.72. The Balaban J connectivity index is 2.23. The smallest absolute Gasteiger partial charge is 0.507 e. The van der Waals surface area contributed by atoms with E-state index < -0.39 is 30.6 Å². The summed E-state index contributed by atoms with van der Waals surface area (Å²) in [6.45, 7) is -1.32. The van der Waals surface area contributed by atoms with Gasteiger partial charge < -0.3 is 9.84 Å². The highest BCUT2D eigenvalue weighted by Crippen LogP contribution is 2.34. The predicted octanol–water partition coefficient (Wildman–Crippen LogP) is 3.72. The fourth-order valence-corrected chi connectivity index (χ4v) is 1.73. The van der Waals surface area contributed by atoms with Crippen LogP contribution in [-0.2, 0) is 6.54 Å². The minimum Gasteiger partial charge on any atom is -0.507 e. The standard InChI is InChI=1S/C12H8F6N2O2/c13-11(14,15)6-20-5-7(4-19-20)9-2-1-8(3-10(9)21)22-12(16,17)18/h1-5,21H,6H2. The second kappa shape index (κ2) is 5.43. The zero-order chi connectivity index (χ0) is 16.5. The summed E-state index contributed by atoms with van der Waals surface area (Å²) in [4.78, 5) is 0. The monoisotopic (exact) mass is 326 g/mol. The quantitative estimate of drug-likeness (QED) is 0.875. The fourth-order valence-electron chi connectivity index (χ4n) is 1.73. The average Bonchev–Trinajstić information content (AvgIpc) is 2.72. The molecule has 0 unspecified atom stereocenters. The number of rotatable bonds is 3. The number of hydrogen-bond acceptors (Lipinski definition) is 3. The van der Waals surface area contributed by atoms with Crippen molar-refractivity contribution in [2.75, 3.05) is 0 Å². The van der Waals surface area contributed by atoms with Crippen LogP contribution in [0.2, 0.25) is 0 Å². The minimum atomic E-state index is -4.91. The van der Waals surface area contributed by atoms with E-state index in [1.165, 1.54) is 0 Å². The van der Waals surface area contributed by atoms with Crippen LogP contribution < -0.4 is 4.74 Å². The SMILES string of the molecule is Oc1cc(OC(F)(F)F)ccc1-c1cnn(CC(F)(F)F)c1. The van der Waals surface area contributed by atoms with Crippen molar-refractivity contribution in [2.45, 2.75) is 19.1 Å². The molecule has 1 N–H and O–H groups in total. The third-order valence-corrected chi connectivity index (χ3v) is 2.49. The van der Waals surface area contributed by atoms with Crippen LogP contribution in [-0.4, -0.2) is 27.4 Å². The van der Waals surface area contributed by atoms with E-state index in [4.69, 9.17) is 0 Å². The topological polar surface area (TPSA) is 47.3 Å². The van der Waals surface area contributed by atoms with Gasteiger partial charge in [-0.05, 0) is 12.1 Å². The summed E-state index contributed by atoms with van der Waals surface area (Å²) < 4.78 is 77.0. The number of benzene rings is 1. The first-order valence-electron chi connectivity index (χ1n) is 5.72. The zero-order valence-corrected chi connectivity index (χ0v) is 10.6. The predicted molar refractivity (Wildman–Crippen MR) is 62.1 cm³/mol. The maximum Gasteiger partial charge on any atom is 0.573 e. The van der Waals surface area contributed by atoms with Crippen LogP contribution >= 0.6 is 0 Å². The normalized spacial score (nSPS) is 12.5. The molecule has 10 heteroatoms. The van der Waals surface area contributed by atoms with Crippen molar-refractivity contribution >= 4 is 0 Å². The fraction of sp³-hybridized carbons (Fsp3) is 0.250. The van der Waals surface area contributed by atoms with Gasteiger partial charge in [-0.3, -0.25) is 4.68 Å². The largest absolute Gasteiger partial charge is 0.573 e. The lowest BCUT2D eigenvalue weighted by atomic mass is 10.1. The highest BCUT2D eigenvalue weighted by molar-refractivity contribution is 5.69. The molecule has 0 aliphatic heterocycles. The summed E-state index contributed by atoms with van der Waals surface area (Å²) in [5, 5.41) is 13.2. The Morgan fingerprint density at radius 1 is 1.14 bits per heavy atom. The number of alkyl halides is 6. The lowest BCUT2D eigenvalue weighted by molar-refractivity contribution is -0.274. The number of aromatic nitrogens is 2. The van der Waals surface area contributed by atoms with Gasteiger partial charge >= 0.3 is 12.5 Å². The van der Waals surface area contributed by atoms with Gasteiger partial charge in [-0.2, -0.15) is 18.3 Å². The number of phenolic OH excluding ortho intramolecular Hbond substituents is 1. The summed E-state index contributed by atoms with van der Waals surface area (Å²) >= 11 is 0. The number of aromatic hydroxyl groups is 1. The van der Waals surface area contributed by atoms with Gasteiger partial charge in [0.25, 0.3) is 0 Å². The summed E-state index contributed by atoms with van der Waals surface area (Å²) in [6.07, 6.45) is -7.29. The molecule has 4 nitrogen and oxygen atoms in total. The molecular weight excluding hydrogens is 318 g/mol. The average molecular weight is 326 g/mol. The van der Waals surface area contributed by atoms with E-state index in [-0.39, 0.29) is 11.1 Å². The Morgan fingerprint density at radius 3 is 2.36 bits per heavy atom. The summed E-state index contributed by atoms with van der Waals surface area (Å²) in [6, 6.07) is 2.74. The Labute approximate surface area is 119 Å². The van der Waals surface area contributed by atoms with Gasteiger partial charge in [-0.25, -0.2) is 0 Å². The first-order chi connectivity index (χ1) is 10.0. The molecule has 1 aromatic carbocycles. The van der Waals surface area contributed by atoms with Crippen molar-refractivity contribution in [1.29, 1.82) is 0 Å². The number of nitrogens with zero attached hydrogens (tertiary/aromatic N) is 2. The maximum atomic E-state index is 12.2. The highest BCUT2D eigenvalue weighted by Gasteiger charge is 2.31. The molecular formula is C12H8F6N2O2. The van der Waals surface area contributed by atoms with Gasteiger partial charge in [0.05, 0.1) is 6.20 Å². The molecule has 22 heavy (non-hydrogen) atoms. The molecule has 0 saturated heterocycles. The molecule has 120 valence electrons. The molecule has 0 aliphatic rings. The molecule has 0 radical (unpaired) electrons. The van der Waals surface area contributed by atoms with Crippen LogP contribution in [0.15, 0.2) is 30.6 Å². The van der Waals surface area contributed by atoms with Crippen molar-refractivity contribution in [3.05, 3.63) is 30.6 Å². The van der Waals surface area contributed by atoms with Gasteiger partial charge in [0, 0.05) is 23.4 Å². The number of ether oxygens (including phenoxy) is 1. The van der Waals surface area contributed by atoms with E-state index in [0.29, 0.717) is 10.7 Å². The summed E-state index contributed by atoms with van der Waals surface area (Å²) in [5.74, 6) is -1.22. The molecule has 2 rings (SSSR count). The third kappa shape index (κ3) is 4.30. The van der Waals surface area contributed by atoms with Crippen molar-refractivity contribution in [2.24, 2.45) is 0 Å². The molecule has 0 saturated carbocycles. The van der Waals surface area contributed by atoms with Gasteiger partial charge in [0.15, 0.2) is 0 Å². The van der Waals surface area contributed by atoms with Gasteiger partial charge in [-0.1, -0.05) is 0 Å². The molecule has 0 bridgehead atoms. The Morgan fingerprint density at radius 2 is 1.82 bits per heavy atom. The Bertz CT molecular complexity index is 662. The Kier molecular flexibility index (Phi) is 3.94. The molecule has 2 aromatic rings. The van der Waals surface area contributed by atoms with Crippen molar-refractivity contribution in [3.63, 3.8) is 0 Å². The van der Waals surface area contributed by atoms with E-state index in [1.54, 1.807) is 0 Å². The van der Waals surface area contributed by atoms with E-state index in [9.17, 15) is 31.4 Å². The van der Waals surface area contributed by atoms with Crippen LogP contribution in [0.4, 0.5) is 26.3 Å². The molecule has 1 heterocycles. The number of halogens is 6. The second-order valence-corrected chi connectivity index (χ2v) is 4.27. The molecule has 0 atom stereocenters. The van der Waals surface area contributed by atoms with Crippen LogP contribution in [0.5, 0.6) is 11.5 Å². The van der Waals surface area contributed by atoms with Crippen LogP contribution in [0.1, 0.15) is 0 Å². The van der Waals surface area contributed by atoms with E-state index >= 15 is 0 Å². The van der Waals surface area contributed by atoms with Crippen LogP contribution in [0.25, 0.3) is 11.1 Å². The molecule has 1 aromatic heterocycles. The summed E-state index contributed by atoms with van der Waals surface area (Å²) in [5.41, 5.74) is 0.156. The third-order valence-electron chi connectivity index (χ3n) is 2.49. The van der Waals surface area contributed by atoms with E-state index in [0.717, 1.165) is 24.5 Å². The van der Waals surface area contributed by atoms with Crippen molar-refractivity contribution in [3.8, 4) is 22.6 Å². The van der Waals surface area contributed by atoms with Crippen LogP contribution in [0.3, 0.4) is 0 Å². The van der Waals surface area contributed by atoms with Gasteiger partial charge in [0.1, 0.15) is 18.0 Å².